The maximum atomic E-state index is 11.8. The highest BCUT2D eigenvalue weighted by atomic mass is 16.3. The summed E-state index contributed by atoms with van der Waals surface area (Å²) < 4.78 is 5.26. The van der Waals surface area contributed by atoms with Crippen LogP contribution in [0.3, 0.4) is 0 Å². The molecule has 0 spiro atoms. The SMILES string of the molecule is O=c1[nH][nH]c(=O)c2c(-c3ccco3)cccc12. The highest BCUT2D eigenvalue weighted by Gasteiger charge is 2.11. The number of benzene rings is 1. The second-order valence-electron chi connectivity index (χ2n) is 3.61. The number of nitrogens with one attached hydrogen (secondary N) is 2. The Morgan fingerprint density at radius 3 is 2.53 bits per heavy atom. The molecule has 0 bridgehead atoms. The lowest BCUT2D eigenvalue weighted by atomic mass is 10.1. The number of aromatic amines is 2. The lowest BCUT2D eigenvalue weighted by molar-refractivity contribution is 0.583. The summed E-state index contributed by atoms with van der Waals surface area (Å²) in [6, 6.07) is 8.55. The van der Waals surface area contributed by atoms with Crippen LogP contribution in [0, 0.1) is 0 Å². The molecule has 5 heteroatoms. The number of aromatic nitrogens is 2. The number of hydrogen-bond donors (Lipinski definition) is 2. The molecule has 0 aliphatic carbocycles. The molecule has 2 heterocycles. The van der Waals surface area contributed by atoms with Crippen LogP contribution in [0.25, 0.3) is 22.1 Å². The van der Waals surface area contributed by atoms with Gasteiger partial charge in [0.1, 0.15) is 5.76 Å². The number of fused-ring (bicyclic) bond motifs is 1. The Kier molecular flexibility index (Phi) is 1.98. The van der Waals surface area contributed by atoms with Crippen molar-refractivity contribution < 1.29 is 4.42 Å². The molecule has 2 N–H and O–H groups in total. The highest BCUT2D eigenvalue weighted by Crippen LogP contribution is 2.24. The number of rotatable bonds is 1. The van der Waals surface area contributed by atoms with Crippen molar-refractivity contribution in [1.29, 1.82) is 0 Å². The second-order valence-corrected chi connectivity index (χ2v) is 3.61. The Balaban J connectivity index is 2.53. The Hall–Kier alpha value is -2.56. The van der Waals surface area contributed by atoms with Gasteiger partial charge in [0.2, 0.25) is 0 Å². The molecule has 0 atom stereocenters. The average Bonchev–Trinajstić information content (AvgIpc) is 2.87. The van der Waals surface area contributed by atoms with Gasteiger partial charge >= 0.3 is 0 Å². The summed E-state index contributed by atoms with van der Waals surface area (Å²) in [5.41, 5.74) is -0.0561. The van der Waals surface area contributed by atoms with Crippen LogP contribution < -0.4 is 11.1 Å². The fraction of sp³-hybridized carbons (Fsp3) is 0. The monoisotopic (exact) mass is 228 g/mol. The van der Waals surface area contributed by atoms with Crippen LogP contribution in [-0.2, 0) is 0 Å². The Morgan fingerprint density at radius 1 is 0.941 bits per heavy atom. The zero-order valence-electron chi connectivity index (χ0n) is 8.69. The zero-order chi connectivity index (χ0) is 11.8. The van der Waals surface area contributed by atoms with E-state index in [0.717, 1.165) is 0 Å². The van der Waals surface area contributed by atoms with Gasteiger partial charge in [-0.05, 0) is 18.2 Å². The standard InChI is InChI=1S/C12H8N2O3/c15-11-8-4-1-3-7(9-5-2-6-17-9)10(8)12(16)14-13-11/h1-6H,(H,13,15)(H,14,16). The van der Waals surface area contributed by atoms with E-state index in [1.807, 2.05) is 0 Å². The summed E-state index contributed by atoms with van der Waals surface area (Å²) in [4.78, 5) is 23.4. The molecule has 5 nitrogen and oxygen atoms in total. The molecule has 0 aliphatic heterocycles. The Labute approximate surface area is 94.7 Å². The van der Waals surface area contributed by atoms with Crippen molar-refractivity contribution in [3.05, 3.63) is 57.3 Å². The first-order valence-electron chi connectivity index (χ1n) is 5.05. The topological polar surface area (TPSA) is 78.9 Å². The molecule has 84 valence electrons. The molecule has 3 aromatic rings. The van der Waals surface area contributed by atoms with E-state index in [4.69, 9.17) is 4.42 Å². The first kappa shape index (κ1) is 9.65. The third-order valence-corrected chi connectivity index (χ3v) is 2.61. The van der Waals surface area contributed by atoms with Crippen LogP contribution in [0.4, 0.5) is 0 Å². The molecule has 0 saturated carbocycles. The number of H-pyrrole nitrogens is 2. The van der Waals surface area contributed by atoms with E-state index in [2.05, 4.69) is 10.2 Å². The quantitative estimate of drug-likeness (QED) is 0.662. The first-order valence-corrected chi connectivity index (χ1v) is 5.05. The average molecular weight is 228 g/mol. The molecule has 2 aromatic heterocycles. The van der Waals surface area contributed by atoms with E-state index in [1.165, 1.54) is 6.26 Å². The van der Waals surface area contributed by atoms with Gasteiger partial charge in [-0.15, -0.1) is 0 Å². The van der Waals surface area contributed by atoms with E-state index in [0.29, 0.717) is 22.1 Å². The van der Waals surface area contributed by atoms with Crippen molar-refractivity contribution in [3.8, 4) is 11.3 Å². The van der Waals surface area contributed by atoms with Gasteiger partial charge in [-0.3, -0.25) is 19.8 Å². The van der Waals surface area contributed by atoms with E-state index in [9.17, 15) is 9.59 Å². The highest BCUT2D eigenvalue weighted by molar-refractivity contribution is 5.94. The smallest absolute Gasteiger partial charge is 0.271 e. The summed E-state index contributed by atoms with van der Waals surface area (Å²) >= 11 is 0. The summed E-state index contributed by atoms with van der Waals surface area (Å²) in [6.45, 7) is 0. The van der Waals surface area contributed by atoms with E-state index >= 15 is 0 Å². The Bertz CT molecular complexity index is 781. The summed E-state index contributed by atoms with van der Waals surface area (Å²) in [7, 11) is 0. The van der Waals surface area contributed by atoms with Crippen LogP contribution in [-0.4, -0.2) is 10.2 Å². The normalized spacial score (nSPS) is 10.8. The van der Waals surface area contributed by atoms with Gasteiger partial charge in [-0.2, -0.15) is 0 Å². The van der Waals surface area contributed by atoms with Gasteiger partial charge in [-0.1, -0.05) is 12.1 Å². The first-order chi connectivity index (χ1) is 8.27. The number of furan rings is 1. The van der Waals surface area contributed by atoms with Crippen LogP contribution in [0.15, 0.2) is 50.6 Å². The molecule has 0 saturated heterocycles. The fourth-order valence-corrected chi connectivity index (χ4v) is 1.87. The van der Waals surface area contributed by atoms with Gasteiger partial charge in [0, 0.05) is 5.56 Å². The van der Waals surface area contributed by atoms with Crippen molar-refractivity contribution in [2.24, 2.45) is 0 Å². The minimum absolute atomic E-state index is 0.326. The summed E-state index contributed by atoms with van der Waals surface area (Å²) in [6.07, 6.45) is 1.52. The van der Waals surface area contributed by atoms with Gasteiger partial charge in [0.25, 0.3) is 11.1 Å². The van der Waals surface area contributed by atoms with Gasteiger partial charge in [0.05, 0.1) is 17.0 Å². The molecule has 3 rings (SSSR count). The lowest BCUT2D eigenvalue weighted by Crippen LogP contribution is -2.19. The summed E-state index contributed by atoms with van der Waals surface area (Å²) in [5.74, 6) is 0.562. The minimum atomic E-state index is -0.341. The van der Waals surface area contributed by atoms with Gasteiger partial charge in [0.15, 0.2) is 0 Å². The van der Waals surface area contributed by atoms with Crippen molar-refractivity contribution in [1.82, 2.24) is 10.2 Å². The van der Waals surface area contributed by atoms with Crippen LogP contribution in [0.2, 0.25) is 0 Å². The predicted octanol–water partition coefficient (Wildman–Crippen LogP) is 1.48. The van der Waals surface area contributed by atoms with Crippen LogP contribution >= 0.6 is 0 Å². The van der Waals surface area contributed by atoms with E-state index < -0.39 is 0 Å². The second kappa shape index (κ2) is 3.48. The molecular weight excluding hydrogens is 220 g/mol. The third kappa shape index (κ3) is 1.40. The van der Waals surface area contributed by atoms with Gasteiger partial charge in [-0.25, -0.2) is 0 Å². The molecule has 0 radical (unpaired) electrons. The van der Waals surface area contributed by atoms with E-state index in [-0.39, 0.29) is 11.1 Å². The van der Waals surface area contributed by atoms with Crippen molar-refractivity contribution in [2.75, 3.05) is 0 Å². The Morgan fingerprint density at radius 2 is 1.76 bits per heavy atom. The molecular formula is C12H8N2O3. The molecule has 0 fully saturated rings. The van der Waals surface area contributed by atoms with E-state index in [1.54, 1.807) is 30.3 Å². The third-order valence-electron chi connectivity index (χ3n) is 2.61. The van der Waals surface area contributed by atoms with Crippen LogP contribution in [0.5, 0.6) is 0 Å². The molecule has 0 aliphatic rings. The van der Waals surface area contributed by atoms with Crippen molar-refractivity contribution >= 4 is 10.8 Å². The predicted molar refractivity (Wildman–Crippen MR) is 62.9 cm³/mol. The number of hydrogen-bond acceptors (Lipinski definition) is 3. The fourth-order valence-electron chi connectivity index (χ4n) is 1.87. The van der Waals surface area contributed by atoms with Gasteiger partial charge < -0.3 is 4.42 Å². The summed E-state index contributed by atoms with van der Waals surface area (Å²) in [5, 5.41) is 5.29. The minimum Gasteiger partial charge on any atom is -0.464 e. The lowest BCUT2D eigenvalue weighted by Gasteiger charge is -2.01. The maximum Gasteiger partial charge on any atom is 0.271 e. The zero-order valence-corrected chi connectivity index (χ0v) is 8.69. The van der Waals surface area contributed by atoms with Crippen LogP contribution in [0.1, 0.15) is 0 Å². The maximum absolute atomic E-state index is 11.8. The molecule has 17 heavy (non-hydrogen) atoms. The molecule has 0 amide bonds. The molecule has 1 aromatic carbocycles. The largest absolute Gasteiger partial charge is 0.464 e. The molecule has 0 unspecified atom stereocenters. The van der Waals surface area contributed by atoms with Crippen molar-refractivity contribution in [2.45, 2.75) is 0 Å². The van der Waals surface area contributed by atoms with Crippen molar-refractivity contribution in [3.63, 3.8) is 0 Å².